The van der Waals surface area contributed by atoms with Crippen LogP contribution in [-0.2, 0) is 0 Å². The summed E-state index contributed by atoms with van der Waals surface area (Å²) < 4.78 is 5.04. The van der Waals surface area contributed by atoms with E-state index in [4.69, 9.17) is 16.3 Å². The van der Waals surface area contributed by atoms with E-state index >= 15 is 0 Å². The predicted octanol–water partition coefficient (Wildman–Crippen LogP) is 4.11. The number of phenols is 1. The Morgan fingerprint density at radius 3 is 2.74 bits per heavy atom. The van der Waals surface area contributed by atoms with Crippen molar-refractivity contribution in [3.8, 4) is 11.5 Å². The van der Waals surface area contributed by atoms with Gasteiger partial charge in [0.2, 0.25) is 0 Å². The summed E-state index contributed by atoms with van der Waals surface area (Å²) in [6, 6.07) is 10.8. The number of nitrogens with zero attached hydrogens (tertiary/aromatic N) is 1. The van der Waals surface area contributed by atoms with Crippen LogP contribution in [0.2, 0.25) is 5.02 Å². The summed E-state index contributed by atoms with van der Waals surface area (Å²) in [5.74, 6) is 0.498. The second-order valence-corrected chi connectivity index (χ2v) is 4.50. The van der Waals surface area contributed by atoms with Crippen molar-refractivity contribution in [1.82, 2.24) is 0 Å². The van der Waals surface area contributed by atoms with Crippen LogP contribution in [-0.4, -0.2) is 18.4 Å². The molecule has 0 unspecified atom stereocenters. The molecular weight excluding hydrogens is 262 g/mol. The fourth-order valence-corrected chi connectivity index (χ4v) is 1.79. The topological polar surface area (TPSA) is 41.8 Å². The second-order valence-electron chi connectivity index (χ2n) is 4.09. The normalized spacial score (nSPS) is 10.9. The van der Waals surface area contributed by atoms with Gasteiger partial charge in [-0.05, 0) is 36.8 Å². The first-order valence-corrected chi connectivity index (χ1v) is 6.16. The molecule has 0 amide bonds. The average Bonchev–Trinajstić information content (AvgIpc) is 2.41. The van der Waals surface area contributed by atoms with Crippen LogP contribution in [0.3, 0.4) is 0 Å². The molecular formula is C15H14ClNO2. The maximum atomic E-state index is 9.92. The number of methoxy groups -OCH3 is 1. The van der Waals surface area contributed by atoms with Crippen molar-refractivity contribution < 1.29 is 9.84 Å². The molecule has 19 heavy (non-hydrogen) atoms. The zero-order valence-electron chi connectivity index (χ0n) is 10.7. The van der Waals surface area contributed by atoms with E-state index < -0.39 is 0 Å². The quantitative estimate of drug-likeness (QED) is 0.857. The molecule has 2 rings (SSSR count). The summed E-state index contributed by atoms with van der Waals surface area (Å²) in [4.78, 5) is 4.29. The summed E-state index contributed by atoms with van der Waals surface area (Å²) in [6.07, 6.45) is 1.58. The van der Waals surface area contributed by atoms with Crippen LogP contribution in [0.4, 0.5) is 5.69 Å². The number of rotatable bonds is 3. The Bertz CT molecular complexity index is 624. The second kappa shape index (κ2) is 5.76. The number of ether oxygens (including phenoxy) is 1. The van der Waals surface area contributed by atoms with Crippen molar-refractivity contribution in [2.45, 2.75) is 6.92 Å². The summed E-state index contributed by atoms with van der Waals surface area (Å²) in [5.41, 5.74) is 2.33. The van der Waals surface area contributed by atoms with Crippen LogP contribution in [0.25, 0.3) is 0 Å². The van der Waals surface area contributed by atoms with Gasteiger partial charge in [0.05, 0.1) is 12.8 Å². The molecule has 3 nitrogen and oxygen atoms in total. The molecule has 4 heteroatoms. The highest BCUT2D eigenvalue weighted by Gasteiger charge is 2.04. The smallest absolute Gasteiger partial charge is 0.166 e. The van der Waals surface area contributed by atoms with Crippen molar-refractivity contribution in [3.05, 3.63) is 52.5 Å². The minimum Gasteiger partial charge on any atom is -0.504 e. The number of aryl methyl sites for hydroxylation is 1. The largest absolute Gasteiger partial charge is 0.504 e. The lowest BCUT2D eigenvalue weighted by molar-refractivity contribution is 0.373. The monoisotopic (exact) mass is 275 g/mol. The SMILES string of the molecule is COc1cccc(C=Nc2ccc(C)c(Cl)c2)c1O. The van der Waals surface area contributed by atoms with E-state index in [1.807, 2.05) is 19.1 Å². The van der Waals surface area contributed by atoms with Crippen LogP contribution in [0.15, 0.2) is 41.4 Å². The van der Waals surface area contributed by atoms with E-state index in [1.54, 1.807) is 30.5 Å². The molecule has 2 aromatic carbocycles. The van der Waals surface area contributed by atoms with Crippen molar-refractivity contribution in [3.63, 3.8) is 0 Å². The minimum atomic E-state index is 0.0759. The molecule has 0 aromatic heterocycles. The van der Waals surface area contributed by atoms with Gasteiger partial charge >= 0.3 is 0 Å². The molecule has 98 valence electrons. The molecule has 2 aromatic rings. The van der Waals surface area contributed by atoms with Crippen molar-refractivity contribution in [2.75, 3.05) is 7.11 Å². The van der Waals surface area contributed by atoms with Crippen LogP contribution >= 0.6 is 11.6 Å². The highest BCUT2D eigenvalue weighted by molar-refractivity contribution is 6.31. The average molecular weight is 276 g/mol. The Kier molecular flexibility index (Phi) is 4.07. The first-order valence-electron chi connectivity index (χ1n) is 5.78. The summed E-state index contributed by atoms with van der Waals surface area (Å²) >= 11 is 6.03. The first-order chi connectivity index (χ1) is 9.11. The van der Waals surface area contributed by atoms with Crippen LogP contribution in [0, 0.1) is 6.92 Å². The molecule has 0 spiro atoms. The van der Waals surface area contributed by atoms with E-state index in [0.29, 0.717) is 16.3 Å². The maximum absolute atomic E-state index is 9.92. The number of aliphatic imine (C=N–C) groups is 1. The summed E-state index contributed by atoms with van der Waals surface area (Å²) in [5, 5.41) is 10.6. The Hall–Kier alpha value is -2.00. The van der Waals surface area contributed by atoms with Gasteiger partial charge < -0.3 is 9.84 Å². The Balaban J connectivity index is 2.30. The number of benzene rings is 2. The molecule has 0 heterocycles. The minimum absolute atomic E-state index is 0.0759. The Morgan fingerprint density at radius 2 is 2.05 bits per heavy atom. The van der Waals surface area contributed by atoms with Gasteiger partial charge in [0.25, 0.3) is 0 Å². The molecule has 0 fully saturated rings. The lowest BCUT2D eigenvalue weighted by atomic mass is 10.2. The highest BCUT2D eigenvalue weighted by Crippen LogP contribution is 2.29. The van der Waals surface area contributed by atoms with Gasteiger partial charge in [0.15, 0.2) is 11.5 Å². The van der Waals surface area contributed by atoms with E-state index in [0.717, 1.165) is 11.3 Å². The number of hydrogen-bond acceptors (Lipinski definition) is 3. The molecule has 0 atom stereocenters. The Morgan fingerprint density at radius 1 is 1.26 bits per heavy atom. The van der Waals surface area contributed by atoms with Gasteiger partial charge in [0, 0.05) is 16.8 Å². The molecule has 0 aliphatic heterocycles. The van der Waals surface area contributed by atoms with E-state index in [-0.39, 0.29) is 5.75 Å². The molecule has 0 saturated carbocycles. The first kappa shape index (κ1) is 13.4. The number of phenolic OH excluding ortho intramolecular Hbond substituents is 1. The van der Waals surface area contributed by atoms with E-state index in [1.165, 1.54) is 7.11 Å². The third kappa shape index (κ3) is 3.06. The molecule has 0 aliphatic carbocycles. The number of aromatic hydroxyl groups is 1. The zero-order chi connectivity index (χ0) is 13.8. The van der Waals surface area contributed by atoms with Crippen molar-refractivity contribution >= 4 is 23.5 Å². The van der Waals surface area contributed by atoms with E-state index in [2.05, 4.69) is 4.99 Å². The maximum Gasteiger partial charge on any atom is 0.166 e. The van der Waals surface area contributed by atoms with Gasteiger partial charge in [-0.2, -0.15) is 0 Å². The molecule has 0 bridgehead atoms. The third-order valence-electron chi connectivity index (χ3n) is 2.76. The zero-order valence-corrected chi connectivity index (χ0v) is 11.5. The number of hydrogen-bond donors (Lipinski definition) is 1. The standard InChI is InChI=1S/C15H14ClNO2/c1-10-6-7-12(8-13(10)16)17-9-11-4-3-5-14(19-2)15(11)18/h3-9,18H,1-2H3. The summed E-state index contributed by atoms with van der Waals surface area (Å²) in [6.45, 7) is 1.93. The lowest BCUT2D eigenvalue weighted by Crippen LogP contribution is -1.88. The van der Waals surface area contributed by atoms with Crippen molar-refractivity contribution in [2.24, 2.45) is 4.99 Å². The molecule has 0 radical (unpaired) electrons. The van der Waals surface area contributed by atoms with Gasteiger partial charge in [-0.1, -0.05) is 23.7 Å². The van der Waals surface area contributed by atoms with Gasteiger partial charge in [-0.15, -0.1) is 0 Å². The Labute approximate surface area is 117 Å². The number of para-hydroxylation sites is 1. The third-order valence-corrected chi connectivity index (χ3v) is 3.17. The molecule has 1 N–H and O–H groups in total. The van der Waals surface area contributed by atoms with Crippen molar-refractivity contribution in [1.29, 1.82) is 0 Å². The van der Waals surface area contributed by atoms with Gasteiger partial charge in [-0.3, -0.25) is 4.99 Å². The fourth-order valence-electron chi connectivity index (χ4n) is 1.61. The van der Waals surface area contributed by atoms with Crippen LogP contribution < -0.4 is 4.74 Å². The lowest BCUT2D eigenvalue weighted by Gasteiger charge is -2.05. The van der Waals surface area contributed by atoms with Gasteiger partial charge in [0.1, 0.15) is 0 Å². The van der Waals surface area contributed by atoms with E-state index in [9.17, 15) is 5.11 Å². The fraction of sp³-hybridized carbons (Fsp3) is 0.133. The van der Waals surface area contributed by atoms with Crippen LogP contribution in [0.5, 0.6) is 11.5 Å². The van der Waals surface area contributed by atoms with Gasteiger partial charge in [-0.25, -0.2) is 0 Å². The predicted molar refractivity (Wildman–Crippen MR) is 78.1 cm³/mol. The summed E-state index contributed by atoms with van der Waals surface area (Å²) in [7, 11) is 1.51. The van der Waals surface area contributed by atoms with Crippen LogP contribution in [0.1, 0.15) is 11.1 Å². The highest BCUT2D eigenvalue weighted by atomic mass is 35.5. The molecule has 0 saturated heterocycles. The molecule has 0 aliphatic rings. The number of halogens is 1.